The van der Waals surface area contributed by atoms with Crippen molar-refractivity contribution in [3.8, 4) is 0 Å². The predicted molar refractivity (Wildman–Crippen MR) is 101 cm³/mol. The second-order valence-corrected chi connectivity index (χ2v) is 7.25. The van der Waals surface area contributed by atoms with Gasteiger partial charge in [0.05, 0.1) is 5.88 Å². The molecule has 0 saturated carbocycles. The van der Waals surface area contributed by atoms with Crippen LogP contribution in [0.15, 0.2) is 59.5 Å². The standard InChI is InChI=1S/C18H18N2O2S2/c1-23-15-9-7-14(8-10-15)19-17(21)16-11-24-12-20(16)18(22)13-5-3-2-4-6-13/h2-10,16H,11-12H2,1H3,(H,19,21). The molecule has 6 heteroatoms. The Morgan fingerprint density at radius 1 is 1.12 bits per heavy atom. The highest BCUT2D eigenvalue weighted by molar-refractivity contribution is 7.99. The number of nitrogens with one attached hydrogen (secondary N) is 1. The molecule has 24 heavy (non-hydrogen) atoms. The Bertz CT molecular complexity index is 720. The van der Waals surface area contributed by atoms with Gasteiger partial charge in [-0.05, 0) is 42.7 Å². The summed E-state index contributed by atoms with van der Waals surface area (Å²) in [5.74, 6) is 0.921. The molecule has 2 aromatic carbocycles. The van der Waals surface area contributed by atoms with E-state index in [4.69, 9.17) is 0 Å². The van der Waals surface area contributed by atoms with Gasteiger partial charge in [0, 0.05) is 21.9 Å². The Morgan fingerprint density at radius 2 is 1.83 bits per heavy atom. The molecule has 1 aliphatic heterocycles. The van der Waals surface area contributed by atoms with E-state index in [-0.39, 0.29) is 11.8 Å². The number of thioether (sulfide) groups is 2. The molecule has 1 fully saturated rings. The first-order valence-electron chi connectivity index (χ1n) is 7.57. The van der Waals surface area contributed by atoms with Gasteiger partial charge in [-0.3, -0.25) is 9.59 Å². The van der Waals surface area contributed by atoms with E-state index in [0.717, 1.165) is 10.6 Å². The lowest BCUT2D eigenvalue weighted by molar-refractivity contribution is -0.119. The van der Waals surface area contributed by atoms with E-state index >= 15 is 0 Å². The Kier molecular flexibility index (Phi) is 5.48. The largest absolute Gasteiger partial charge is 0.324 e. The topological polar surface area (TPSA) is 49.4 Å². The molecule has 0 radical (unpaired) electrons. The van der Waals surface area contributed by atoms with Gasteiger partial charge in [-0.15, -0.1) is 23.5 Å². The number of nitrogens with zero attached hydrogens (tertiary/aromatic N) is 1. The molecule has 2 amide bonds. The maximum absolute atomic E-state index is 12.6. The number of carbonyl (C=O) groups is 2. The summed E-state index contributed by atoms with van der Waals surface area (Å²) in [5, 5.41) is 2.92. The smallest absolute Gasteiger partial charge is 0.255 e. The lowest BCUT2D eigenvalue weighted by Crippen LogP contribution is -2.44. The number of hydrogen-bond acceptors (Lipinski definition) is 4. The van der Waals surface area contributed by atoms with Crippen LogP contribution in [0.3, 0.4) is 0 Å². The number of amides is 2. The zero-order valence-corrected chi connectivity index (χ0v) is 14.9. The van der Waals surface area contributed by atoms with Crippen LogP contribution in [0, 0.1) is 0 Å². The summed E-state index contributed by atoms with van der Waals surface area (Å²) < 4.78 is 0. The zero-order valence-electron chi connectivity index (χ0n) is 13.3. The van der Waals surface area contributed by atoms with Crippen LogP contribution in [0.5, 0.6) is 0 Å². The molecule has 124 valence electrons. The highest BCUT2D eigenvalue weighted by atomic mass is 32.2. The van der Waals surface area contributed by atoms with Crippen molar-refractivity contribution in [1.82, 2.24) is 4.90 Å². The van der Waals surface area contributed by atoms with Gasteiger partial charge in [0.1, 0.15) is 6.04 Å². The van der Waals surface area contributed by atoms with Gasteiger partial charge in [-0.2, -0.15) is 0 Å². The van der Waals surface area contributed by atoms with Gasteiger partial charge in [0.15, 0.2) is 0 Å². The molecule has 0 spiro atoms. The van der Waals surface area contributed by atoms with Crippen LogP contribution in [-0.4, -0.2) is 40.6 Å². The lowest BCUT2D eigenvalue weighted by Gasteiger charge is -2.23. The first-order chi connectivity index (χ1) is 11.7. The minimum atomic E-state index is -0.442. The summed E-state index contributed by atoms with van der Waals surface area (Å²) in [6.07, 6.45) is 2.01. The van der Waals surface area contributed by atoms with Crippen molar-refractivity contribution < 1.29 is 9.59 Å². The molecule has 0 aliphatic carbocycles. The quantitative estimate of drug-likeness (QED) is 0.849. The Morgan fingerprint density at radius 3 is 2.50 bits per heavy atom. The summed E-state index contributed by atoms with van der Waals surface area (Å²) in [6.45, 7) is 0. The van der Waals surface area contributed by atoms with Crippen LogP contribution < -0.4 is 5.32 Å². The fourth-order valence-corrected chi connectivity index (χ4v) is 4.07. The molecule has 3 rings (SSSR count). The number of hydrogen-bond donors (Lipinski definition) is 1. The van der Waals surface area contributed by atoms with E-state index in [0.29, 0.717) is 17.2 Å². The zero-order chi connectivity index (χ0) is 16.9. The van der Waals surface area contributed by atoms with Gasteiger partial charge >= 0.3 is 0 Å². The van der Waals surface area contributed by atoms with Crippen LogP contribution in [0.2, 0.25) is 0 Å². The average Bonchev–Trinajstić information content (AvgIpc) is 3.12. The maximum Gasteiger partial charge on any atom is 0.255 e. The fraction of sp³-hybridized carbons (Fsp3) is 0.222. The van der Waals surface area contributed by atoms with Crippen molar-refractivity contribution in [1.29, 1.82) is 0 Å². The second-order valence-electron chi connectivity index (χ2n) is 5.37. The minimum Gasteiger partial charge on any atom is -0.324 e. The SMILES string of the molecule is CSc1ccc(NC(=O)C2CSCN2C(=O)c2ccccc2)cc1. The van der Waals surface area contributed by atoms with Crippen LogP contribution in [-0.2, 0) is 4.79 Å². The van der Waals surface area contributed by atoms with Crippen molar-refractivity contribution in [2.75, 3.05) is 23.2 Å². The Hall–Kier alpha value is -1.92. The Balaban J connectivity index is 1.70. The number of rotatable bonds is 4. The fourth-order valence-electron chi connectivity index (χ4n) is 2.51. The van der Waals surface area contributed by atoms with E-state index in [1.54, 1.807) is 40.6 Å². The third-order valence-electron chi connectivity index (χ3n) is 3.82. The summed E-state index contributed by atoms with van der Waals surface area (Å²) in [4.78, 5) is 28.0. The third kappa shape index (κ3) is 3.76. The van der Waals surface area contributed by atoms with Crippen LogP contribution >= 0.6 is 23.5 Å². The van der Waals surface area contributed by atoms with E-state index in [1.807, 2.05) is 48.7 Å². The summed E-state index contributed by atoms with van der Waals surface area (Å²) in [6, 6.07) is 16.4. The van der Waals surface area contributed by atoms with E-state index in [2.05, 4.69) is 5.32 Å². The molecule has 1 heterocycles. The van der Waals surface area contributed by atoms with Crippen LogP contribution in [0.4, 0.5) is 5.69 Å². The third-order valence-corrected chi connectivity index (χ3v) is 5.58. The van der Waals surface area contributed by atoms with Gasteiger partial charge < -0.3 is 10.2 Å². The number of benzene rings is 2. The van der Waals surface area contributed by atoms with Crippen molar-refractivity contribution in [3.05, 3.63) is 60.2 Å². The monoisotopic (exact) mass is 358 g/mol. The molecule has 1 atom stereocenters. The molecule has 0 bridgehead atoms. The lowest BCUT2D eigenvalue weighted by atomic mass is 10.1. The highest BCUT2D eigenvalue weighted by Crippen LogP contribution is 2.25. The summed E-state index contributed by atoms with van der Waals surface area (Å²) in [5.41, 5.74) is 1.36. The number of anilines is 1. The van der Waals surface area contributed by atoms with Crippen molar-refractivity contribution in [3.63, 3.8) is 0 Å². The van der Waals surface area contributed by atoms with E-state index < -0.39 is 6.04 Å². The van der Waals surface area contributed by atoms with Crippen molar-refractivity contribution in [2.45, 2.75) is 10.9 Å². The van der Waals surface area contributed by atoms with Crippen molar-refractivity contribution in [2.24, 2.45) is 0 Å². The maximum atomic E-state index is 12.6. The Labute approximate surface area is 150 Å². The molecular formula is C18H18N2O2S2. The molecule has 1 aliphatic rings. The summed E-state index contributed by atoms with van der Waals surface area (Å²) >= 11 is 3.25. The van der Waals surface area contributed by atoms with Gasteiger partial charge in [0.2, 0.25) is 5.91 Å². The molecule has 1 N–H and O–H groups in total. The molecule has 4 nitrogen and oxygen atoms in total. The van der Waals surface area contributed by atoms with Crippen LogP contribution in [0.1, 0.15) is 10.4 Å². The normalized spacial score (nSPS) is 16.9. The van der Waals surface area contributed by atoms with Crippen molar-refractivity contribution >= 4 is 41.0 Å². The van der Waals surface area contributed by atoms with Crippen LogP contribution in [0.25, 0.3) is 0 Å². The first-order valence-corrected chi connectivity index (χ1v) is 9.95. The van der Waals surface area contributed by atoms with E-state index in [1.165, 1.54) is 0 Å². The van der Waals surface area contributed by atoms with E-state index in [9.17, 15) is 9.59 Å². The molecular weight excluding hydrogens is 340 g/mol. The summed E-state index contributed by atoms with van der Waals surface area (Å²) in [7, 11) is 0. The molecule has 1 saturated heterocycles. The molecule has 2 aromatic rings. The molecule has 1 unspecified atom stereocenters. The van der Waals surface area contributed by atoms with Gasteiger partial charge in [0.25, 0.3) is 5.91 Å². The first kappa shape index (κ1) is 16.9. The second kappa shape index (κ2) is 7.77. The van der Waals surface area contributed by atoms with Gasteiger partial charge in [-0.25, -0.2) is 0 Å². The van der Waals surface area contributed by atoms with Gasteiger partial charge in [-0.1, -0.05) is 18.2 Å². The number of carbonyl (C=O) groups excluding carboxylic acids is 2. The minimum absolute atomic E-state index is 0.0986. The highest BCUT2D eigenvalue weighted by Gasteiger charge is 2.35. The predicted octanol–water partition coefficient (Wildman–Crippen LogP) is 3.56. The molecule has 0 aromatic heterocycles. The average molecular weight is 358 g/mol.